The van der Waals surface area contributed by atoms with Gasteiger partial charge in [-0.15, -0.1) is 0 Å². The van der Waals surface area contributed by atoms with Crippen LogP contribution in [0.25, 0.3) is 10.4 Å². The molecule has 0 saturated heterocycles. The van der Waals surface area contributed by atoms with Crippen molar-refractivity contribution in [2.45, 2.75) is 27.2 Å². The Morgan fingerprint density at radius 3 is 1.94 bits per heavy atom. The first kappa shape index (κ1) is 15.6. The van der Waals surface area contributed by atoms with Crippen LogP contribution >= 0.6 is 7.94 Å². The molecule has 0 aliphatic rings. The van der Waals surface area contributed by atoms with Gasteiger partial charge < -0.3 is 0 Å². The lowest BCUT2D eigenvalue weighted by molar-refractivity contribution is 0.151. The highest BCUT2D eigenvalue weighted by atomic mass is 31.2. The Balaban J connectivity index is 4.27. The molecule has 94 valence electrons. The summed E-state index contributed by atoms with van der Waals surface area (Å²) >= 11 is 0. The Labute approximate surface area is 97.5 Å². The van der Waals surface area contributed by atoms with Crippen LogP contribution in [0.15, 0.2) is 5.11 Å². The second-order valence-electron chi connectivity index (χ2n) is 2.90. The van der Waals surface area contributed by atoms with Gasteiger partial charge in [0, 0.05) is 11.5 Å². The summed E-state index contributed by atoms with van der Waals surface area (Å²) in [5.74, 6) is 0. The zero-order valence-corrected chi connectivity index (χ0v) is 11.2. The predicted molar refractivity (Wildman–Crippen MR) is 65.3 cm³/mol. The van der Waals surface area contributed by atoms with E-state index in [1.165, 1.54) is 0 Å². The van der Waals surface area contributed by atoms with Gasteiger partial charge in [-0.1, -0.05) is 5.11 Å². The minimum Gasteiger partial charge on any atom is -0.178 e. The van der Waals surface area contributed by atoms with Crippen molar-refractivity contribution in [1.82, 2.24) is 0 Å². The lowest BCUT2D eigenvalue weighted by Crippen LogP contribution is -2.12. The number of nitrogens with zero attached hydrogens (tertiary/aromatic N) is 3. The van der Waals surface area contributed by atoms with E-state index in [-0.39, 0.29) is 0 Å². The summed E-state index contributed by atoms with van der Waals surface area (Å²) in [6.07, 6.45) is 1.39. The Kier molecular flexibility index (Phi) is 9.59. The predicted octanol–water partition coefficient (Wildman–Crippen LogP) is 3.56. The van der Waals surface area contributed by atoms with Crippen molar-refractivity contribution in [3.63, 3.8) is 0 Å². The SMILES string of the molecule is CCO[P+](CCCN=[N+]=[N-])(OCC)OCC. The molecule has 0 aliphatic carbocycles. The van der Waals surface area contributed by atoms with Gasteiger partial charge in [0.05, 0.1) is 19.8 Å². The van der Waals surface area contributed by atoms with Crippen molar-refractivity contribution in [2.75, 3.05) is 32.5 Å². The van der Waals surface area contributed by atoms with Crippen molar-refractivity contribution < 1.29 is 13.6 Å². The summed E-state index contributed by atoms with van der Waals surface area (Å²) in [6, 6.07) is 0. The lowest BCUT2D eigenvalue weighted by Gasteiger charge is -2.20. The molecule has 0 bridgehead atoms. The average molecular weight is 250 g/mol. The van der Waals surface area contributed by atoms with Crippen LogP contribution < -0.4 is 0 Å². The van der Waals surface area contributed by atoms with E-state index in [9.17, 15) is 0 Å². The van der Waals surface area contributed by atoms with E-state index in [2.05, 4.69) is 10.0 Å². The van der Waals surface area contributed by atoms with E-state index in [0.717, 1.165) is 6.42 Å². The smallest absolute Gasteiger partial charge is 0.178 e. The van der Waals surface area contributed by atoms with Crippen LogP contribution in [-0.4, -0.2) is 32.5 Å². The third kappa shape index (κ3) is 6.26. The standard InChI is InChI=1S/C9H21N3O3P/c1-4-13-16(14-5-2,15-6-3)9-7-8-11-12-10/h4-9H2,1-3H3/q+1. The topological polar surface area (TPSA) is 76.5 Å². The van der Waals surface area contributed by atoms with E-state index >= 15 is 0 Å². The summed E-state index contributed by atoms with van der Waals surface area (Å²) in [6.45, 7) is 7.89. The van der Waals surface area contributed by atoms with Crippen LogP contribution in [0.4, 0.5) is 0 Å². The molecular weight excluding hydrogens is 229 g/mol. The van der Waals surface area contributed by atoms with Crippen LogP contribution in [0.2, 0.25) is 0 Å². The molecule has 0 rings (SSSR count). The Hall–Kier alpha value is -0.380. The minimum absolute atomic E-state index is 0.450. The lowest BCUT2D eigenvalue weighted by atomic mass is 10.5. The van der Waals surface area contributed by atoms with Crippen molar-refractivity contribution in [1.29, 1.82) is 0 Å². The fraction of sp³-hybridized carbons (Fsp3) is 1.00. The monoisotopic (exact) mass is 250 g/mol. The molecule has 0 unspecified atom stereocenters. The van der Waals surface area contributed by atoms with Gasteiger partial charge in [0.2, 0.25) is 0 Å². The molecule has 0 saturated carbocycles. The summed E-state index contributed by atoms with van der Waals surface area (Å²) in [4.78, 5) is 2.71. The molecular formula is C9H21N3O3P+. The van der Waals surface area contributed by atoms with E-state index in [1.54, 1.807) is 0 Å². The first-order valence-corrected chi connectivity index (χ1v) is 7.30. The number of hydrogen-bond donors (Lipinski definition) is 0. The molecule has 0 aromatic carbocycles. The largest absolute Gasteiger partial charge is 0.411 e. The summed E-state index contributed by atoms with van der Waals surface area (Å²) < 4.78 is 16.9. The van der Waals surface area contributed by atoms with Crippen LogP contribution in [0.1, 0.15) is 27.2 Å². The molecule has 0 aromatic heterocycles. The normalized spacial score (nSPS) is 11.2. The second kappa shape index (κ2) is 9.82. The zero-order valence-electron chi connectivity index (χ0n) is 10.3. The van der Waals surface area contributed by atoms with Gasteiger partial charge in [0.1, 0.15) is 6.16 Å². The quantitative estimate of drug-likeness (QED) is 0.195. The summed E-state index contributed by atoms with van der Waals surface area (Å²) in [5.41, 5.74) is 8.18. The van der Waals surface area contributed by atoms with Gasteiger partial charge >= 0.3 is 7.94 Å². The number of rotatable bonds is 10. The van der Waals surface area contributed by atoms with Gasteiger partial charge in [-0.2, -0.15) is 13.6 Å². The first-order valence-electron chi connectivity index (χ1n) is 5.57. The molecule has 6 nitrogen and oxygen atoms in total. The van der Waals surface area contributed by atoms with Gasteiger partial charge in [-0.05, 0) is 32.7 Å². The Morgan fingerprint density at radius 2 is 1.56 bits per heavy atom. The third-order valence-electron chi connectivity index (χ3n) is 1.73. The third-order valence-corrected chi connectivity index (χ3v) is 4.55. The number of hydrogen-bond acceptors (Lipinski definition) is 4. The van der Waals surface area contributed by atoms with E-state index in [0.29, 0.717) is 32.5 Å². The minimum atomic E-state index is -2.22. The Morgan fingerprint density at radius 1 is 1.06 bits per heavy atom. The van der Waals surface area contributed by atoms with Crippen LogP contribution in [0, 0.1) is 0 Å². The first-order chi connectivity index (χ1) is 7.74. The maximum atomic E-state index is 8.18. The van der Waals surface area contributed by atoms with E-state index in [4.69, 9.17) is 19.1 Å². The van der Waals surface area contributed by atoms with Gasteiger partial charge in [-0.25, -0.2) is 0 Å². The molecule has 0 aliphatic heterocycles. The van der Waals surface area contributed by atoms with E-state index < -0.39 is 7.94 Å². The van der Waals surface area contributed by atoms with Gasteiger partial charge in [-0.3, -0.25) is 0 Å². The summed E-state index contributed by atoms with van der Waals surface area (Å²) in [5, 5.41) is 3.49. The second-order valence-corrected chi connectivity index (χ2v) is 5.34. The van der Waals surface area contributed by atoms with Crippen molar-refractivity contribution in [2.24, 2.45) is 5.11 Å². The fourth-order valence-electron chi connectivity index (χ4n) is 1.28. The van der Waals surface area contributed by atoms with Crippen molar-refractivity contribution in [3.8, 4) is 0 Å². The highest BCUT2D eigenvalue weighted by Crippen LogP contribution is 2.62. The highest BCUT2D eigenvalue weighted by Gasteiger charge is 2.43. The van der Waals surface area contributed by atoms with Crippen LogP contribution in [0.3, 0.4) is 0 Å². The maximum Gasteiger partial charge on any atom is 0.411 e. The van der Waals surface area contributed by atoms with Crippen molar-refractivity contribution >= 4 is 7.94 Å². The average Bonchev–Trinajstić information content (AvgIpc) is 2.26. The zero-order chi connectivity index (χ0) is 12.3. The molecule has 0 spiro atoms. The van der Waals surface area contributed by atoms with Crippen molar-refractivity contribution in [3.05, 3.63) is 10.4 Å². The maximum absolute atomic E-state index is 8.18. The van der Waals surface area contributed by atoms with Crippen LogP contribution in [-0.2, 0) is 13.6 Å². The molecule has 0 radical (unpaired) electrons. The van der Waals surface area contributed by atoms with Crippen LogP contribution in [0.5, 0.6) is 0 Å². The molecule has 0 amide bonds. The molecule has 16 heavy (non-hydrogen) atoms. The summed E-state index contributed by atoms with van der Waals surface area (Å²) in [7, 11) is -2.22. The van der Waals surface area contributed by atoms with Gasteiger partial charge in [0.25, 0.3) is 0 Å². The Bertz CT molecular complexity index is 205. The molecule has 0 atom stereocenters. The molecule has 0 N–H and O–H groups in total. The van der Waals surface area contributed by atoms with E-state index in [1.807, 2.05) is 20.8 Å². The fourth-order valence-corrected chi connectivity index (χ4v) is 3.60. The highest BCUT2D eigenvalue weighted by molar-refractivity contribution is 7.61. The van der Waals surface area contributed by atoms with Gasteiger partial charge in [0.15, 0.2) is 0 Å². The number of azide groups is 1. The molecule has 0 heterocycles. The molecule has 0 fully saturated rings. The molecule has 0 aromatic rings. The molecule has 7 heteroatoms.